The number of unbranched alkanes of at least 4 members (excludes halogenated alkanes) is 1. The molecule has 10 heteroatoms. The molecule has 2 aromatic carbocycles. The van der Waals surface area contributed by atoms with Crippen LogP contribution in [0.25, 0.3) is 11.1 Å². The van der Waals surface area contributed by atoms with Gasteiger partial charge in [0.2, 0.25) is 0 Å². The first kappa shape index (κ1) is 39.7. The molecule has 0 fully saturated rings. The van der Waals surface area contributed by atoms with Gasteiger partial charge in [-0.25, -0.2) is 4.79 Å². The fourth-order valence-electron chi connectivity index (χ4n) is 4.56. The van der Waals surface area contributed by atoms with Gasteiger partial charge in [0.1, 0.15) is 12.4 Å². The van der Waals surface area contributed by atoms with Crippen molar-refractivity contribution in [2.75, 3.05) is 67.5 Å². The van der Waals surface area contributed by atoms with Crippen molar-refractivity contribution in [3.05, 3.63) is 58.7 Å². The van der Waals surface area contributed by atoms with Crippen molar-refractivity contribution in [2.24, 2.45) is 0 Å². The van der Waals surface area contributed by atoms with Gasteiger partial charge in [-0.3, -0.25) is 4.79 Å². The molecule has 0 bridgehead atoms. The van der Waals surface area contributed by atoms with Crippen LogP contribution in [0.15, 0.2) is 36.4 Å². The van der Waals surface area contributed by atoms with Crippen LogP contribution in [0, 0.1) is 6.92 Å². The molecule has 2 amide bonds. The van der Waals surface area contributed by atoms with Crippen LogP contribution in [0.5, 0.6) is 0 Å². The average Bonchev–Trinajstić information content (AvgIpc) is 3.34. The van der Waals surface area contributed by atoms with Gasteiger partial charge in [-0.15, -0.1) is 0 Å². The molecule has 3 N–H and O–H groups in total. The van der Waals surface area contributed by atoms with Crippen LogP contribution in [0.3, 0.4) is 0 Å². The molecule has 2 aromatic rings. The normalized spacial score (nSPS) is 12.5. The number of carbonyl (C=O) groups is 3. The van der Waals surface area contributed by atoms with Crippen molar-refractivity contribution < 1.29 is 38.4 Å². The Morgan fingerprint density at radius 2 is 1.51 bits per heavy atom. The second-order valence-electron chi connectivity index (χ2n) is 10.7. The number of amides is 2. The number of carbonyl (C=O) groups excluding carboxylic acids is 3. The van der Waals surface area contributed by atoms with Crippen molar-refractivity contribution in [1.82, 2.24) is 10.6 Å². The van der Waals surface area contributed by atoms with E-state index in [0.717, 1.165) is 73.1 Å². The summed E-state index contributed by atoms with van der Waals surface area (Å²) < 4.78 is 20.1. The summed E-state index contributed by atoms with van der Waals surface area (Å²) in [5.74, 6) is 0.0674. The number of aliphatic hydroxyl groups is 1. The average molecular weight is 631 g/mol. The third kappa shape index (κ3) is 15.5. The molecule has 0 spiro atoms. The molecule has 0 aliphatic heterocycles. The molecule has 0 saturated carbocycles. The van der Waals surface area contributed by atoms with Crippen LogP contribution in [0.1, 0.15) is 85.3 Å². The van der Waals surface area contributed by atoms with Crippen molar-refractivity contribution in [3.8, 4) is 11.1 Å². The Kier molecular flexibility index (Phi) is 21.2. The molecular formula is C35H54N2O8. The molecule has 1 atom stereocenters. The number of ketones is 1. The lowest BCUT2D eigenvalue weighted by Crippen LogP contribution is -2.24. The third-order valence-electron chi connectivity index (χ3n) is 6.89. The van der Waals surface area contributed by atoms with Crippen molar-refractivity contribution >= 4 is 17.8 Å². The zero-order chi connectivity index (χ0) is 33.5. The molecule has 3 rings (SSSR count). The predicted octanol–water partition coefficient (Wildman–Crippen LogP) is 5.42. The van der Waals surface area contributed by atoms with Gasteiger partial charge < -0.3 is 39.5 Å². The molecule has 0 radical (unpaired) electrons. The summed E-state index contributed by atoms with van der Waals surface area (Å²) in [4.78, 5) is 34.4. The summed E-state index contributed by atoms with van der Waals surface area (Å²) in [7, 11) is 4.92. The molecule has 0 heterocycles. The smallest absolute Gasteiger partial charge is 0.406 e. The number of methoxy groups -OCH3 is 2. The maximum absolute atomic E-state index is 12.3. The highest BCUT2D eigenvalue weighted by Gasteiger charge is 2.30. The first-order valence-electron chi connectivity index (χ1n) is 15.8. The van der Waals surface area contributed by atoms with Crippen molar-refractivity contribution in [1.29, 1.82) is 0 Å². The third-order valence-corrected chi connectivity index (χ3v) is 6.89. The van der Waals surface area contributed by atoms with Crippen molar-refractivity contribution in [3.63, 3.8) is 0 Å². The van der Waals surface area contributed by atoms with Gasteiger partial charge in [0.25, 0.3) is 5.91 Å². The minimum atomic E-state index is -0.454. The summed E-state index contributed by atoms with van der Waals surface area (Å²) in [6.07, 6.45) is 4.55. The number of nitrogens with one attached hydrogen (secondary N) is 2. The summed E-state index contributed by atoms with van der Waals surface area (Å²) in [6, 6.07) is 12.1. The second kappa shape index (κ2) is 24.0. The van der Waals surface area contributed by atoms with E-state index in [1.807, 2.05) is 32.0 Å². The first-order valence-corrected chi connectivity index (χ1v) is 15.8. The lowest BCUT2D eigenvalue weighted by Gasteiger charge is -2.15. The minimum absolute atomic E-state index is 0.0730. The summed E-state index contributed by atoms with van der Waals surface area (Å²) in [5, 5.41) is 13.8. The van der Waals surface area contributed by atoms with Gasteiger partial charge in [-0.2, -0.15) is 0 Å². The van der Waals surface area contributed by atoms with E-state index in [1.165, 1.54) is 0 Å². The number of Topliss-reactive ketones (excluding diaryl/α,β-unsaturated/α-hetero) is 1. The second-order valence-corrected chi connectivity index (χ2v) is 10.7. The molecule has 1 aliphatic carbocycles. The largest absolute Gasteiger partial charge is 0.449 e. The SMILES string of the molecule is CC(=O)CCCOCCCCO.CCCNC(=O)c1ccc2c(c1)C(COC(=O)NC)c1cc(C)ccc1-2.COCCCOC. The van der Waals surface area contributed by atoms with Crippen molar-refractivity contribution in [2.45, 2.75) is 65.2 Å². The van der Waals surface area contributed by atoms with Crippen LogP contribution < -0.4 is 10.6 Å². The zero-order valence-corrected chi connectivity index (χ0v) is 28.0. The molecule has 0 aromatic heterocycles. The van der Waals surface area contributed by atoms with Gasteiger partial charge >= 0.3 is 6.09 Å². The number of hydrogen-bond acceptors (Lipinski definition) is 8. The Bertz CT molecular complexity index is 1150. The Morgan fingerprint density at radius 1 is 0.867 bits per heavy atom. The predicted molar refractivity (Wildman–Crippen MR) is 177 cm³/mol. The Balaban J connectivity index is 0.000000442. The standard InChI is InChI=1S/C21H24N2O3.C9H18O3.C5H12O2/c1-4-9-23-20(24)14-6-8-16-15-7-5-13(2)10-17(15)19(18(16)11-14)12-26-21(25)22-3;1-9(11)5-4-8-12-7-3-2-6-10;1-6-4-3-5-7-2/h5-8,10-11,19H,4,9,12H2,1-3H3,(H,22,25)(H,23,24);10H,2-8H2,1H3;3-5H2,1-2H3. The number of aliphatic hydroxyl groups excluding tert-OH is 1. The number of rotatable bonds is 17. The zero-order valence-electron chi connectivity index (χ0n) is 28.0. The lowest BCUT2D eigenvalue weighted by molar-refractivity contribution is -0.117. The quantitative estimate of drug-likeness (QED) is 0.198. The number of ether oxygens (including phenoxy) is 4. The summed E-state index contributed by atoms with van der Waals surface area (Å²) in [5.41, 5.74) is 6.18. The van der Waals surface area contributed by atoms with Gasteiger partial charge in [0.05, 0.1) is 0 Å². The van der Waals surface area contributed by atoms with Crippen LogP contribution in [-0.2, 0) is 23.7 Å². The van der Waals surface area contributed by atoms with E-state index >= 15 is 0 Å². The van der Waals surface area contributed by atoms with Gasteiger partial charge in [0.15, 0.2) is 0 Å². The van der Waals surface area contributed by atoms with E-state index < -0.39 is 6.09 Å². The van der Waals surface area contributed by atoms with E-state index in [1.54, 1.807) is 28.2 Å². The van der Waals surface area contributed by atoms with E-state index in [4.69, 9.17) is 24.1 Å². The Morgan fingerprint density at radius 3 is 2.11 bits per heavy atom. The molecule has 0 saturated heterocycles. The lowest BCUT2D eigenvalue weighted by atomic mass is 9.95. The Labute approximate surface area is 269 Å². The highest BCUT2D eigenvalue weighted by molar-refractivity contribution is 5.96. The molecule has 252 valence electrons. The first-order chi connectivity index (χ1) is 21.7. The van der Waals surface area contributed by atoms with Crippen LogP contribution in [0.4, 0.5) is 4.79 Å². The van der Waals surface area contributed by atoms with Gasteiger partial charge in [0, 0.05) is 78.7 Å². The van der Waals surface area contributed by atoms with E-state index in [0.29, 0.717) is 31.7 Å². The van der Waals surface area contributed by atoms with Crippen LogP contribution in [-0.4, -0.2) is 90.3 Å². The molecular weight excluding hydrogens is 576 g/mol. The minimum Gasteiger partial charge on any atom is -0.449 e. The fourth-order valence-corrected chi connectivity index (χ4v) is 4.56. The summed E-state index contributed by atoms with van der Waals surface area (Å²) >= 11 is 0. The summed E-state index contributed by atoms with van der Waals surface area (Å²) in [6.45, 7) is 9.73. The van der Waals surface area contributed by atoms with Crippen LogP contribution in [0.2, 0.25) is 0 Å². The molecule has 10 nitrogen and oxygen atoms in total. The number of alkyl carbamates (subject to hydrolysis) is 1. The molecule has 1 unspecified atom stereocenters. The van der Waals surface area contributed by atoms with Gasteiger partial charge in [-0.1, -0.05) is 36.8 Å². The Hall–Kier alpha value is -3.31. The topological polar surface area (TPSA) is 132 Å². The monoisotopic (exact) mass is 630 g/mol. The van der Waals surface area contributed by atoms with Gasteiger partial charge in [-0.05, 0) is 80.3 Å². The van der Waals surface area contributed by atoms with E-state index in [-0.39, 0.29) is 30.8 Å². The number of hydrogen-bond donors (Lipinski definition) is 3. The van der Waals surface area contributed by atoms with E-state index in [9.17, 15) is 14.4 Å². The fraction of sp³-hybridized carbons (Fsp3) is 0.571. The number of benzene rings is 2. The number of aryl methyl sites for hydroxylation is 1. The maximum atomic E-state index is 12.3. The van der Waals surface area contributed by atoms with E-state index in [2.05, 4.69) is 28.8 Å². The van der Waals surface area contributed by atoms with Crippen LogP contribution >= 0.6 is 0 Å². The molecule has 45 heavy (non-hydrogen) atoms. The maximum Gasteiger partial charge on any atom is 0.406 e. The highest BCUT2D eigenvalue weighted by Crippen LogP contribution is 2.45. The molecule has 1 aliphatic rings. The number of fused-ring (bicyclic) bond motifs is 3. The highest BCUT2D eigenvalue weighted by atomic mass is 16.5.